The molecule has 0 radical (unpaired) electrons. The van der Waals surface area contributed by atoms with Gasteiger partial charge in [0.15, 0.2) is 5.82 Å². The summed E-state index contributed by atoms with van der Waals surface area (Å²) in [4.78, 5) is 5.82. The largest absolute Gasteiger partial charge is 0.319 e. The SMILES string of the molecule is Fc1ccccc1Cn1c(-c2cccs2)nc2ccccc21. The minimum atomic E-state index is -0.183. The van der Waals surface area contributed by atoms with Gasteiger partial charge in [0.2, 0.25) is 0 Å². The van der Waals surface area contributed by atoms with Crippen molar-refractivity contribution >= 4 is 22.4 Å². The summed E-state index contributed by atoms with van der Waals surface area (Å²) in [7, 11) is 0. The molecule has 2 aromatic heterocycles. The highest BCUT2D eigenvalue weighted by atomic mass is 32.1. The average molecular weight is 308 g/mol. The molecule has 0 atom stereocenters. The summed E-state index contributed by atoms with van der Waals surface area (Å²) in [5, 5.41) is 2.03. The van der Waals surface area contributed by atoms with Crippen molar-refractivity contribution in [3.05, 3.63) is 77.4 Å². The van der Waals surface area contributed by atoms with E-state index in [0.717, 1.165) is 21.7 Å². The predicted octanol–water partition coefficient (Wildman–Crippen LogP) is 4.95. The van der Waals surface area contributed by atoms with E-state index in [1.807, 2.05) is 53.9 Å². The number of aromatic nitrogens is 2. The zero-order valence-electron chi connectivity index (χ0n) is 11.7. The minimum Gasteiger partial charge on any atom is -0.319 e. The van der Waals surface area contributed by atoms with Gasteiger partial charge in [0.05, 0.1) is 22.5 Å². The van der Waals surface area contributed by atoms with E-state index in [1.54, 1.807) is 17.4 Å². The lowest BCUT2D eigenvalue weighted by molar-refractivity contribution is 0.602. The van der Waals surface area contributed by atoms with Gasteiger partial charge in [-0.2, -0.15) is 0 Å². The third-order valence-electron chi connectivity index (χ3n) is 3.68. The van der Waals surface area contributed by atoms with Gasteiger partial charge in [0.25, 0.3) is 0 Å². The number of fused-ring (bicyclic) bond motifs is 1. The molecule has 108 valence electrons. The summed E-state index contributed by atoms with van der Waals surface area (Å²) in [5.41, 5.74) is 2.62. The highest BCUT2D eigenvalue weighted by molar-refractivity contribution is 7.13. The van der Waals surface area contributed by atoms with Crippen LogP contribution in [0.2, 0.25) is 0 Å². The molecule has 0 aliphatic carbocycles. The van der Waals surface area contributed by atoms with Gasteiger partial charge in [0, 0.05) is 5.56 Å². The third kappa shape index (κ3) is 2.22. The summed E-state index contributed by atoms with van der Waals surface area (Å²) in [5.74, 6) is 0.705. The Morgan fingerprint density at radius 3 is 2.59 bits per heavy atom. The van der Waals surface area contributed by atoms with Gasteiger partial charge in [0.1, 0.15) is 5.82 Å². The van der Waals surface area contributed by atoms with E-state index in [9.17, 15) is 4.39 Å². The van der Waals surface area contributed by atoms with Crippen LogP contribution in [-0.4, -0.2) is 9.55 Å². The Labute approximate surface area is 131 Å². The Bertz CT molecular complexity index is 925. The monoisotopic (exact) mass is 308 g/mol. The van der Waals surface area contributed by atoms with Gasteiger partial charge in [-0.3, -0.25) is 0 Å². The van der Waals surface area contributed by atoms with Crippen molar-refractivity contribution in [3.63, 3.8) is 0 Å². The molecule has 0 aliphatic rings. The molecule has 0 unspecified atom stereocenters. The van der Waals surface area contributed by atoms with E-state index < -0.39 is 0 Å². The molecular formula is C18H13FN2S. The highest BCUT2D eigenvalue weighted by Gasteiger charge is 2.14. The quantitative estimate of drug-likeness (QED) is 0.523. The topological polar surface area (TPSA) is 17.8 Å². The van der Waals surface area contributed by atoms with Gasteiger partial charge in [-0.15, -0.1) is 11.3 Å². The zero-order chi connectivity index (χ0) is 14.9. The molecule has 2 aromatic carbocycles. The maximum atomic E-state index is 14.0. The molecule has 4 aromatic rings. The van der Waals surface area contributed by atoms with Gasteiger partial charge in [-0.05, 0) is 29.6 Å². The van der Waals surface area contributed by atoms with E-state index in [4.69, 9.17) is 4.98 Å². The van der Waals surface area contributed by atoms with Crippen LogP contribution in [0, 0.1) is 5.82 Å². The number of hydrogen-bond acceptors (Lipinski definition) is 2. The van der Waals surface area contributed by atoms with Crippen molar-refractivity contribution in [2.24, 2.45) is 0 Å². The van der Waals surface area contributed by atoms with Crippen LogP contribution in [-0.2, 0) is 6.54 Å². The molecular weight excluding hydrogens is 295 g/mol. The van der Waals surface area contributed by atoms with Gasteiger partial charge in [-0.25, -0.2) is 9.37 Å². The van der Waals surface area contributed by atoms with Gasteiger partial charge in [-0.1, -0.05) is 36.4 Å². The van der Waals surface area contributed by atoms with Crippen molar-refractivity contribution in [2.75, 3.05) is 0 Å². The molecule has 0 amide bonds. The fourth-order valence-corrected chi connectivity index (χ4v) is 3.35. The molecule has 0 fully saturated rings. The molecule has 0 bridgehead atoms. The minimum absolute atomic E-state index is 0.183. The fraction of sp³-hybridized carbons (Fsp3) is 0.0556. The Balaban J connectivity index is 1.91. The van der Waals surface area contributed by atoms with Crippen molar-refractivity contribution in [3.8, 4) is 10.7 Å². The number of thiophene rings is 1. The van der Waals surface area contributed by atoms with Crippen LogP contribution in [0.15, 0.2) is 66.0 Å². The van der Waals surface area contributed by atoms with Crippen molar-refractivity contribution in [1.29, 1.82) is 0 Å². The van der Waals surface area contributed by atoms with E-state index in [0.29, 0.717) is 12.1 Å². The first-order chi connectivity index (χ1) is 10.8. The molecule has 2 heterocycles. The van der Waals surface area contributed by atoms with Crippen molar-refractivity contribution in [2.45, 2.75) is 6.54 Å². The normalized spacial score (nSPS) is 11.1. The average Bonchev–Trinajstić information content (AvgIpc) is 3.17. The molecule has 0 N–H and O–H groups in total. The van der Waals surface area contributed by atoms with Crippen LogP contribution < -0.4 is 0 Å². The first-order valence-electron chi connectivity index (χ1n) is 7.05. The Morgan fingerprint density at radius 1 is 0.955 bits per heavy atom. The molecule has 22 heavy (non-hydrogen) atoms. The molecule has 4 rings (SSSR count). The highest BCUT2D eigenvalue weighted by Crippen LogP contribution is 2.29. The number of halogens is 1. The second-order valence-electron chi connectivity index (χ2n) is 5.08. The molecule has 2 nitrogen and oxygen atoms in total. The van der Waals surface area contributed by atoms with Crippen LogP contribution >= 0.6 is 11.3 Å². The third-order valence-corrected chi connectivity index (χ3v) is 4.55. The maximum absolute atomic E-state index is 14.0. The lowest BCUT2D eigenvalue weighted by Gasteiger charge is -2.09. The first-order valence-corrected chi connectivity index (χ1v) is 7.93. The van der Waals surface area contributed by atoms with Crippen LogP contribution in [0.3, 0.4) is 0 Å². The summed E-state index contributed by atoms with van der Waals surface area (Å²) in [6.45, 7) is 0.473. The summed E-state index contributed by atoms with van der Waals surface area (Å²) < 4.78 is 16.1. The molecule has 0 spiro atoms. The second kappa shape index (κ2) is 5.39. The number of imidazole rings is 1. The second-order valence-corrected chi connectivity index (χ2v) is 6.03. The van der Waals surface area contributed by atoms with Gasteiger partial charge < -0.3 is 4.57 Å². The lowest BCUT2D eigenvalue weighted by Crippen LogP contribution is -2.03. The van der Waals surface area contributed by atoms with E-state index in [2.05, 4.69) is 4.57 Å². The van der Waals surface area contributed by atoms with Crippen LogP contribution in [0.4, 0.5) is 4.39 Å². The molecule has 0 saturated heterocycles. The van der Waals surface area contributed by atoms with Crippen LogP contribution in [0.25, 0.3) is 21.7 Å². The summed E-state index contributed by atoms with van der Waals surface area (Å²) in [6, 6.07) is 18.9. The number of hydrogen-bond donors (Lipinski definition) is 0. The van der Waals surface area contributed by atoms with Gasteiger partial charge >= 0.3 is 0 Å². The Hall–Kier alpha value is -2.46. The Kier molecular flexibility index (Phi) is 3.24. The standard InChI is InChI=1S/C18H13FN2S/c19-14-7-2-1-6-13(14)12-21-16-9-4-3-8-15(16)20-18(21)17-10-5-11-22-17/h1-11H,12H2. The number of para-hydroxylation sites is 2. The number of benzene rings is 2. The zero-order valence-corrected chi connectivity index (χ0v) is 12.6. The predicted molar refractivity (Wildman–Crippen MR) is 88.5 cm³/mol. The van der Waals surface area contributed by atoms with Crippen LogP contribution in [0.5, 0.6) is 0 Å². The van der Waals surface area contributed by atoms with E-state index in [1.165, 1.54) is 6.07 Å². The fourth-order valence-electron chi connectivity index (χ4n) is 2.63. The number of nitrogens with zero attached hydrogens (tertiary/aromatic N) is 2. The summed E-state index contributed by atoms with van der Waals surface area (Å²) in [6.07, 6.45) is 0. The first kappa shape index (κ1) is 13.2. The van der Waals surface area contributed by atoms with Crippen molar-refractivity contribution in [1.82, 2.24) is 9.55 Å². The number of rotatable bonds is 3. The Morgan fingerprint density at radius 2 is 1.77 bits per heavy atom. The van der Waals surface area contributed by atoms with Crippen molar-refractivity contribution < 1.29 is 4.39 Å². The smallest absolute Gasteiger partial charge is 0.151 e. The summed E-state index contributed by atoms with van der Waals surface area (Å²) >= 11 is 1.64. The van der Waals surface area contributed by atoms with E-state index in [-0.39, 0.29) is 5.82 Å². The lowest BCUT2D eigenvalue weighted by atomic mass is 10.2. The molecule has 0 saturated carbocycles. The van der Waals surface area contributed by atoms with E-state index >= 15 is 0 Å². The molecule has 0 aliphatic heterocycles. The molecule has 4 heteroatoms. The van der Waals surface area contributed by atoms with Crippen LogP contribution in [0.1, 0.15) is 5.56 Å². The maximum Gasteiger partial charge on any atom is 0.151 e.